The van der Waals surface area contributed by atoms with Crippen LogP contribution in [-0.2, 0) is 0 Å². The Morgan fingerprint density at radius 1 is 1.27 bits per heavy atom. The number of anilines is 1. The highest BCUT2D eigenvalue weighted by molar-refractivity contribution is 6.05. The van der Waals surface area contributed by atoms with Gasteiger partial charge in [0.1, 0.15) is 12.4 Å². The first-order valence-corrected chi connectivity index (χ1v) is 6.80. The molecule has 0 fully saturated rings. The van der Waals surface area contributed by atoms with Crippen molar-refractivity contribution in [3.8, 4) is 11.8 Å². The Morgan fingerprint density at radius 3 is 2.59 bits per heavy atom. The lowest BCUT2D eigenvalue weighted by Crippen LogP contribution is -2.13. The molecule has 0 radical (unpaired) electrons. The Labute approximate surface area is 128 Å². The molecule has 0 aliphatic rings. The smallest absolute Gasteiger partial charge is 0.255 e. The third-order valence-electron chi connectivity index (χ3n) is 3.07. The average molecular weight is 296 g/mol. The van der Waals surface area contributed by atoms with Gasteiger partial charge in [-0.15, -0.1) is 0 Å². The van der Waals surface area contributed by atoms with Crippen LogP contribution < -0.4 is 10.1 Å². The van der Waals surface area contributed by atoms with E-state index in [9.17, 15) is 4.79 Å². The summed E-state index contributed by atoms with van der Waals surface area (Å²) in [6, 6.07) is 13.9. The molecular weight excluding hydrogens is 280 g/mol. The number of aliphatic hydroxyl groups excluding tert-OH is 1. The molecule has 0 heterocycles. The van der Waals surface area contributed by atoms with Gasteiger partial charge >= 0.3 is 0 Å². The number of carbonyl (C=O) groups excluding carboxylic acids is 1. The molecule has 0 saturated heterocycles. The van der Waals surface area contributed by atoms with E-state index in [-0.39, 0.29) is 19.1 Å². The number of nitrogens with zero attached hydrogens (tertiary/aromatic N) is 1. The van der Waals surface area contributed by atoms with Gasteiger partial charge in [-0.1, -0.05) is 0 Å². The number of amides is 1. The molecule has 2 N–H and O–H groups in total. The van der Waals surface area contributed by atoms with Crippen LogP contribution in [0.3, 0.4) is 0 Å². The highest BCUT2D eigenvalue weighted by Gasteiger charge is 2.10. The average Bonchev–Trinajstić information content (AvgIpc) is 2.53. The second-order valence-electron chi connectivity index (χ2n) is 4.69. The van der Waals surface area contributed by atoms with Crippen molar-refractivity contribution in [1.29, 1.82) is 5.26 Å². The van der Waals surface area contributed by atoms with Crippen LogP contribution >= 0.6 is 0 Å². The van der Waals surface area contributed by atoms with Crippen molar-refractivity contribution in [1.82, 2.24) is 0 Å². The van der Waals surface area contributed by atoms with Crippen molar-refractivity contribution in [2.75, 3.05) is 18.5 Å². The molecule has 2 aromatic carbocycles. The lowest BCUT2D eigenvalue weighted by atomic mass is 10.0. The van der Waals surface area contributed by atoms with Gasteiger partial charge in [0.15, 0.2) is 0 Å². The number of carbonyl (C=O) groups is 1. The maximum absolute atomic E-state index is 12.2. The van der Waals surface area contributed by atoms with E-state index in [1.807, 2.05) is 6.07 Å². The Morgan fingerprint density at radius 2 is 2.00 bits per heavy atom. The topological polar surface area (TPSA) is 82.4 Å². The number of hydrogen-bond acceptors (Lipinski definition) is 4. The fourth-order valence-electron chi connectivity index (χ4n) is 1.98. The largest absolute Gasteiger partial charge is 0.491 e. The van der Waals surface area contributed by atoms with Crippen LogP contribution in [0.25, 0.3) is 0 Å². The molecular formula is C17H16N2O3. The highest BCUT2D eigenvalue weighted by Crippen LogP contribution is 2.18. The van der Waals surface area contributed by atoms with Crippen molar-refractivity contribution in [3.63, 3.8) is 0 Å². The van der Waals surface area contributed by atoms with Gasteiger partial charge in [0, 0.05) is 11.3 Å². The van der Waals surface area contributed by atoms with E-state index < -0.39 is 0 Å². The van der Waals surface area contributed by atoms with Crippen LogP contribution in [0.2, 0.25) is 0 Å². The highest BCUT2D eigenvalue weighted by atomic mass is 16.5. The molecule has 2 rings (SSSR count). The third kappa shape index (κ3) is 3.84. The van der Waals surface area contributed by atoms with Crippen LogP contribution in [0.5, 0.6) is 5.75 Å². The molecule has 5 heteroatoms. The number of hydrogen-bond donors (Lipinski definition) is 2. The van der Waals surface area contributed by atoms with E-state index in [1.54, 1.807) is 49.4 Å². The minimum absolute atomic E-state index is 0.0452. The van der Waals surface area contributed by atoms with Crippen molar-refractivity contribution in [2.45, 2.75) is 6.92 Å². The van der Waals surface area contributed by atoms with Gasteiger partial charge in [0.2, 0.25) is 0 Å². The standard InChI is InChI=1S/C17H16N2O3/c1-12-10-13(11-18)2-7-16(12)17(21)19-14-3-5-15(6-4-14)22-9-8-20/h2-7,10,20H,8-9H2,1H3,(H,19,21). The van der Waals surface area contributed by atoms with Crippen LogP contribution in [-0.4, -0.2) is 24.2 Å². The lowest BCUT2D eigenvalue weighted by molar-refractivity contribution is 0.102. The number of rotatable bonds is 5. The zero-order valence-electron chi connectivity index (χ0n) is 12.2. The van der Waals surface area contributed by atoms with Gasteiger partial charge in [-0.05, 0) is 55.0 Å². The summed E-state index contributed by atoms with van der Waals surface area (Å²) in [7, 11) is 0. The van der Waals surface area contributed by atoms with E-state index in [4.69, 9.17) is 15.1 Å². The van der Waals surface area contributed by atoms with Gasteiger partial charge in [0.05, 0.1) is 18.2 Å². The number of nitrogens with one attached hydrogen (secondary N) is 1. The Hall–Kier alpha value is -2.84. The molecule has 0 atom stereocenters. The molecule has 5 nitrogen and oxygen atoms in total. The fraction of sp³-hybridized carbons (Fsp3) is 0.176. The molecule has 22 heavy (non-hydrogen) atoms. The monoisotopic (exact) mass is 296 g/mol. The predicted octanol–water partition coefficient (Wildman–Crippen LogP) is 2.49. The van der Waals surface area contributed by atoms with Crippen LogP contribution in [0.4, 0.5) is 5.69 Å². The maximum Gasteiger partial charge on any atom is 0.255 e. The zero-order chi connectivity index (χ0) is 15.9. The van der Waals surface area contributed by atoms with E-state index in [0.29, 0.717) is 22.6 Å². The summed E-state index contributed by atoms with van der Waals surface area (Å²) in [6.07, 6.45) is 0. The van der Waals surface area contributed by atoms with Crippen LogP contribution in [0.15, 0.2) is 42.5 Å². The molecule has 0 bridgehead atoms. The van der Waals surface area contributed by atoms with Gasteiger partial charge in [-0.3, -0.25) is 4.79 Å². The first-order valence-electron chi connectivity index (χ1n) is 6.80. The first-order chi connectivity index (χ1) is 10.6. The summed E-state index contributed by atoms with van der Waals surface area (Å²) in [5.41, 5.74) is 2.45. The third-order valence-corrected chi connectivity index (χ3v) is 3.07. The van der Waals surface area contributed by atoms with Crippen molar-refractivity contribution < 1.29 is 14.6 Å². The molecule has 0 spiro atoms. The summed E-state index contributed by atoms with van der Waals surface area (Å²) in [5, 5.41) is 20.3. The molecule has 0 saturated carbocycles. The molecule has 0 unspecified atom stereocenters. The SMILES string of the molecule is Cc1cc(C#N)ccc1C(=O)Nc1ccc(OCCO)cc1. The maximum atomic E-state index is 12.2. The van der Waals surface area contributed by atoms with Gasteiger partial charge < -0.3 is 15.2 Å². The molecule has 0 aliphatic heterocycles. The summed E-state index contributed by atoms with van der Waals surface area (Å²) in [5.74, 6) is 0.396. The normalized spacial score (nSPS) is 9.86. The molecule has 1 amide bonds. The van der Waals surface area contributed by atoms with Crippen LogP contribution in [0, 0.1) is 18.3 Å². The summed E-state index contributed by atoms with van der Waals surface area (Å²) in [4.78, 5) is 12.2. The lowest BCUT2D eigenvalue weighted by Gasteiger charge is -2.09. The van der Waals surface area contributed by atoms with E-state index in [2.05, 4.69) is 5.32 Å². The van der Waals surface area contributed by atoms with Crippen LogP contribution in [0.1, 0.15) is 21.5 Å². The number of ether oxygens (including phenoxy) is 1. The summed E-state index contributed by atoms with van der Waals surface area (Å²) in [6.45, 7) is 1.98. The fourth-order valence-corrected chi connectivity index (χ4v) is 1.98. The molecule has 0 aromatic heterocycles. The minimum atomic E-state index is -0.231. The van der Waals surface area contributed by atoms with Gasteiger partial charge in [0.25, 0.3) is 5.91 Å². The van der Waals surface area contributed by atoms with E-state index in [0.717, 1.165) is 5.56 Å². The Balaban J connectivity index is 2.07. The summed E-state index contributed by atoms with van der Waals surface area (Å²) >= 11 is 0. The van der Waals surface area contributed by atoms with Crippen molar-refractivity contribution >= 4 is 11.6 Å². The second kappa shape index (κ2) is 7.25. The zero-order valence-corrected chi connectivity index (χ0v) is 12.2. The van der Waals surface area contributed by atoms with E-state index >= 15 is 0 Å². The Bertz CT molecular complexity index is 703. The number of aryl methyl sites for hydroxylation is 1. The quantitative estimate of drug-likeness (QED) is 0.888. The molecule has 2 aromatic rings. The van der Waals surface area contributed by atoms with Crippen molar-refractivity contribution in [2.24, 2.45) is 0 Å². The minimum Gasteiger partial charge on any atom is -0.491 e. The first kappa shape index (κ1) is 15.5. The predicted molar refractivity (Wildman–Crippen MR) is 82.9 cm³/mol. The van der Waals surface area contributed by atoms with Gasteiger partial charge in [-0.25, -0.2) is 0 Å². The number of nitriles is 1. The number of benzene rings is 2. The Kier molecular flexibility index (Phi) is 5.12. The second-order valence-corrected chi connectivity index (χ2v) is 4.69. The van der Waals surface area contributed by atoms with E-state index in [1.165, 1.54) is 0 Å². The molecule has 112 valence electrons. The van der Waals surface area contributed by atoms with Crippen molar-refractivity contribution in [3.05, 3.63) is 59.2 Å². The molecule has 0 aliphatic carbocycles. The number of aliphatic hydroxyl groups is 1. The summed E-state index contributed by atoms with van der Waals surface area (Å²) < 4.78 is 5.25. The van der Waals surface area contributed by atoms with Gasteiger partial charge in [-0.2, -0.15) is 5.26 Å².